The lowest BCUT2D eigenvalue weighted by atomic mass is 9.78. The van der Waals surface area contributed by atoms with Crippen LogP contribution in [0.4, 0.5) is 11.4 Å². The van der Waals surface area contributed by atoms with Gasteiger partial charge in [-0.3, -0.25) is 20.2 Å². The first-order valence-corrected chi connectivity index (χ1v) is 15.5. The van der Waals surface area contributed by atoms with Crippen molar-refractivity contribution in [2.45, 2.75) is 45.3 Å². The van der Waals surface area contributed by atoms with E-state index in [2.05, 4.69) is 79.0 Å². The van der Waals surface area contributed by atoms with Crippen molar-refractivity contribution in [1.29, 1.82) is 0 Å². The Morgan fingerprint density at radius 2 is 1.46 bits per heavy atom. The van der Waals surface area contributed by atoms with Crippen molar-refractivity contribution in [2.24, 2.45) is 0 Å². The number of nitrogens with zero attached hydrogens (tertiary/aromatic N) is 2. The largest absolute Gasteiger partial charge is 0.494 e. The first-order valence-electron chi connectivity index (χ1n) is 14.7. The molecule has 1 fully saturated rings. The first-order chi connectivity index (χ1) is 21.9. The monoisotopic (exact) mass is 681 g/mol. The average Bonchev–Trinajstić information content (AvgIpc) is 3.74. The number of rotatable bonds is 4. The summed E-state index contributed by atoms with van der Waals surface area (Å²) in [6.07, 6.45) is 7.26. The molecule has 0 amide bonds. The highest BCUT2D eigenvalue weighted by atomic mass is 79.9. The van der Waals surface area contributed by atoms with E-state index in [0.29, 0.717) is 10.0 Å². The van der Waals surface area contributed by atoms with Gasteiger partial charge in [-0.15, -0.1) is 0 Å². The number of fused-ring (bicyclic) bond motifs is 2. The molecule has 1 saturated heterocycles. The Bertz CT molecular complexity index is 1920. The smallest absolute Gasteiger partial charge is 0.399 e. The number of allylic oxidation sites excluding steroid dienone is 1. The zero-order chi connectivity index (χ0) is 33.1. The van der Waals surface area contributed by atoms with E-state index in [-0.39, 0.29) is 34.6 Å². The number of halogens is 1. The molecule has 5 aromatic rings. The van der Waals surface area contributed by atoms with Crippen molar-refractivity contribution in [3.8, 4) is 11.1 Å². The van der Waals surface area contributed by atoms with Crippen molar-refractivity contribution < 1.29 is 19.2 Å². The number of aromatic amines is 1. The molecule has 4 aromatic carbocycles. The zero-order valence-corrected chi connectivity index (χ0v) is 27.5. The van der Waals surface area contributed by atoms with E-state index in [4.69, 9.17) is 9.31 Å². The Morgan fingerprint density at radius 1 is 0.804 bits per heavy atom. The highest BCUT2D eigenvalue weighted by Gasteiger charge is 2.51. The second kappa shape index (κ2) is 13.4. The molecule has 1 aromatic heterocycles. The number of para-hydroxylation sites is 2. The van der Waals surface area contributed by atoms with Gasteiger partial charge in [0.15, 0.2) is 0 Å². The Hall–Kier alpha value is -4.58. The minimum atomic E-state index is -0.427. The van der Waals surface area contributed by atoms with E-state index < -0.39 is 4.92 Å². The number of aromatic nitrogens is 1. The molecule has 0 saturated carbocycles. The highest BCUT2D eigenvalue weighted by molar-refractivity contribution is 9.10. The molecular weight excluding hydrogens is 649 g/mol. The third kappa shape index (κ3) is 7.12. The number of nitro groups is 2. The molecule has 2 heterocycles. The lowest BCUT2D eigenvalue weighted by Crippen LogP contribution is -2.41. The molecule has 1 N–H and O–H groups in total. The van der Waals surface area contributed by atoms with E-state index >= 15 is 0 Å². The standard InChI is InChI=1S/C15H19BO2.C14H10N2O2.C6H4BrNO2/c1-14(2)15(3,4)18-16(17-14)13-9-8-11-6-5-7-12(11)10-13;17-16(18)14-4-2-1-3-12(14)10-5-6-13-11(9-10)7-8-15-13;7-5-3-1-2-4-6(5)8(9)10/h5,7-10H,6H2,1-4H3;1-9,15H;1-4H. The van der Waals surface area contributed by atoms with Gasteiger partial charge in [0.25, 0.3) is 11.4 Å². The van der Waals surface area contributed by atoms with Gasteiger partial charge in [-0.25, -0.2) is 0 Å². The van der Waals surface area contributed by atoms with Crippen LogP contribution in [0.3, 0.4) is 0 Å². The number of hydrogen-bond acceptors (Lipinski definition) is 6. The van der Waals surface area contributed by atoms with Crippen molar-refractivity contribution >= 4 is 56.9 Å². The van der Waals surface area contributed by atoms with Gasteiger partial charge >= 0.3 is 7.12 Å². The van der Waals surface area contributed by atoms with Crippen LogP contribution in [-0.4, -0.2) is 33.2 Å². The fourth-order valence-electron chi connectivity index (χ4n) is 5.09. The summed E-state index contributed by atoms with van der Waals surface area (Å²) in [6.45, 7) is 8.33. The van der Waals surface area contributed by atoms with E-state index in [0.717, 1.165) is 28.4 Å². The van der Waals surface area contributed by atoms with Gasteiger partial charge in [-0.2, -0.15) is 0 Å². The zero-order valence-electron chi connectivity index (χ0n) is 25.9. The maximum Gasteiger partial charge on any atom is 0.494 e. The molecule has 46 heavy (non-hydrogen) atoms. The molecule has 0 atom stereocenters. The summed E-state index contributed by atoms with van der Waals surface area (Å²) >= 11 is 3.06. The predicted molar refractivity (Wildman–Crippen MR) is 186 cm³/mol. The number of benzene rings is 4. The molecule has 9 nitrogen and oxygen atoms in total. The van der Waals surface area contributed by atoms with Gasteiger partial charge in [0, 0.05) is 23.8 Å². The summed E-state index contributed by atoms with van der Waals surface area (Å²) in [6, 6.07) is 27.4. The average molecular weight is 682 g/mol. The van der Waals surface area contributed by atoms with Gasteiger partial charge in [0.05, 0.1) is 31.1 Å². The van der Waals surface area contributed by atoms with Gasteiger partial charge in [-0.05, 0) is 108 Å². The lowest BCUT2D eigenvalue weighted by Gasteiger charge is -2.32. The number of H-pyrrole nitrogens is 1. The van der Waals surface area contributed by atoms with Crippen molar-refractivity contribution in [3.63, 3.8) is 0 Å². The predicted octanol–water partition coefficient (Wildman–Crippen LogP) is 8.66. The van der Waals surface area contributed by atoms with E-state index in [1.807, 2.05) is 36.5 Å². The molecule has 234 valence electrons. The first kappa shape index (κ1) is 32.8. The molecule has 1 aliphatic heterocycles. The van der Waals surface area contributed by atoms with Gasteiger partial charge in [0.1, 0.15) is 0 Å². The van der Waals surface area contributed by atoms with Crippen LogP contribution in [0.1, 0.15) is 38.8 Å². The normalized spacial score (nSPS) is 15.4. The van der Waals surface area contributed by atoms with Crippen LogP contribution < -0.4 is 5.46 Å². The Balaban J connectivity index is 0.000000142. The summed E-state index contributed by atoms with van der Waals surface area (Å²) in [5, 5.41) is 22.3. The minimum Gasteiger partial charge on any atom is -0.399 e. The van der Waals surface area contributed by atoms with Crippen molar-refractivity contribution in [3.05, 3.63) is 139 Å². The summed E-state index contributed by atoms with van der Waals surface area (Å²) in [5.41, 5.74) is 6.00. The summed E-state index contributed by atoms with van der Waals surface area (Å²) in [5.74, 6) is 0. The lowest BCUT2D eigenvalue weighted by molar-refractivity contribution is -0.385. The van der Waals surface area contributed by atoms with Gasteiger partial charge in [-0.1, -0.05) is 60.7 Å². The fourth-order valence-corrected chi connectivity index (χ4v) is 5.52. The maximum atomic E-state index is 11.0. The van der Waals surface area contributed by atoms with Crippen molar-refractivity contribution in [2.75, 3.05) is 0 Å². The summed E-state index contributed by atoms with van der Waals surface area (Å²) in [7, 11) is -0.255. The molecule has 2 aliphatic rings. The second-order valence-corrected chi connectivity index (χ2v) is 12.8. The summed E-state index contributed by atoms with van der Waals surface area (Å²) in [4.78, 5) is 23.5. The molecule has 1 aliphatic carbocycles. The molecule has 0 spiro atoms. The highest BCUT2D eigenvalue weighted by Crippen LogP contribution is 2.37. The van der Waals surface area contributed by atoms with Crippen LogP contribution in [0.2, 0.25) is 0 Å². The second-order valence-electron chi connectivity index (χ2n) is 11.9. The van der Waals surface area contributed by atoms with Crippen LogP contribution in [0.15, 0.2) is 108 Å². The number of nitrogens with one attached hydrogen (secondary N) is 1. The topological polar surface area (TPSA) is 121 Å². The van der Waals surface area contributed by atoms with E-state index in [9.17, 15) is 20.2 Å². The molecule has 0 radical (unpaired) electrons. The van der Waals surface area contributed by atoms with Crippen LogP contribution in [0, 0.1) is 20.2 Å². The van der Waals surface area contributed by atoms with E-state index in [1.54, 1.807) is 30.3 Å². The number of hydrogen-bond donors (Lipinski definition) is 1. The third-order valence-electron chi connectivity index (χ3n) is 8.34. The van der Waals surface area contributed by atoms with Crippen LogP contribution in [-0.2, 0) is 15.7 Å². The minimum absolute atomic E-state index is 0.0995. The van der Waals surface area contributed by atoms with Crippen molar-refractivity contribution in [1.82, 2.24) is 4.98 Å². The van der Waals surface area contributed by atoms with Gasteiger partial charge < -0.3 is 14.3 Å². The molecule has 11 heteroatoms. The quantitative estimate of drug-likeness (QED) is 0.115. The summed E-state index contributed by atoms with van der Waals surface area (Å²) < 4.78 is 12.6. The third-order valence-corrected chi connectivity index (χ3v) is 9.02. The maximum absolute atomic E-state index is 11.0. The Morgan fingerprint density at radius 3 is 2.11 bits per heavy atom. The van der Waals surface area contributed by atoms with Crippen LogP contribution in [0.5, 0.6) is 0 Å². The molecule has 0 bridgehead atoms. The van der Waals surface area contributed by atoms with E-state index in [1.165, 1.54) is 23.3 Å². The fraction of sp³-hybridized carbons (Fsp3) is 0.200. The number of nitro benzene ring substituents is 2. The Kier molecular flexibility index (Phi) is 9.57. The molecule has 7 rings (SSSR count). The van der Waals surface area contributed by atoms with Gasteiger partial charge in [0.2, 0.25) is 0 Å². The van der Waals surface area contributed by atoms with Crippen LogP contribution >= 0.6 is 15.9 Å². The molecular formula is C35H33BBrN3O6. The van der Waals surface area contributed by atoms with Crippen LogP contribution in [0.25, 0.3) is 28.1 Å². The SMILES string of the molecule is CC1(C)OB(c2ccc3c(c2)C=CC3)OC1(C)C.O=[N+]([O-])c1ccccc1-c1ccc2[nH]ccc2c1.O=[N+]([O-])c1ccccc1Br. The molecule has 0 unspecified atom stereocenters. The Labute approximate surface area is 275 Å².